The number of nitrogens with one attached hydrogen (secondary N) is 1. The molecule has 3 amide bonds. The predicted octanol–water partition coefficient (Wildman–Crippen LogP) is 6.74. The van der Waals surface area contributed by atoms with E-state index in [1.807, 2.05) is 50.2 Å². The van der Waals surface area contributed by atoms with Crippen LogP contribution in [0.2, 0.25) is 0 Å². The van der Waals surface area contributed by atoms with Crippen LogP contribution in [-0.2, 0) is 11.2 Å². The van der Waals surface area contributed by atoms with Crippen LogP contribution in [0.4, 0.5) is 23.7 Å². The Hall–Kier alpha value is -4.85. The molecule has 1 fully saturated rings. The van der Waals surface area contributed by atoms with Gasteiger partial charge in [-0.3, -0.25) is 9.69 Å². The van der Waals surface area contributed by atoms with Crippen LogP contribution in [0, 0.1) is 0 Å². The number of amidine groups is 1. The molecule has 0 saturated carbocycles. The highest BCUT2D eigenvalue weighted by atomic mass is 32.2. The van der Waals surface area contributed by atoms with E-state index in [0.29, 0.717) is 47.5 Å². The van der Waals surface area contributed by atoms with Gasteiger partial charge in [-0.05, 0) is 60.2 Å². The summed E-state index contributed by atoms with van der Waals surface area (Å²) in [6, 6.07) is 18.0. The van der Waals surface area contributed by atoms with Crippen molar-refractivity contribution in [1.29, 1.82) is 0 Å². The lowest BCUT2D eigenvalue weighted by atomic mass is 10.00. The van der Waals surface area contributed by atoms with Gasteiger partial charge in [-0.15, -0.1) is 18.3 Å². The molecule has 5 rings (SSSR count). The minimum absolute atomic E-state index is 0.147. The third kappa shape index (κ3) is 8.05. The molecule has 240 valence electrons. The van der Waals surface area contributed by atoms with Crippen molar-refractivity contribution in [3.8, 4) is 28.6 Å². The van der Waals surface area contributed by atoms with Gasteiger partial charge in [0.1, 0.15) is 17.8 Å². The summed E-state index contributed by atoms with van der Waals surface area (Å²) < 4.78 is 47.9. The van der Waals surface area contributed by atoms with Crippen molar-refractivity contribution in [2.75, 3.05) is 24.3 Å². The smallest absolute Gasteiger partial charge is 0.497 e. The molecule has 0 radical (unpaired) electrons. The Bertz CT molecular complexity index is 1720. The second kappa shape index (κ2) is 14.1. The third-order valence-electron chi connectivity index (χ3n) is 7.02. The van der Waals surface area contributed by atoms with Crippen LogP contribution in [0.1, 0.15) is 37.3 Å². The minimum Gasteiger partial charge on any atom is -0.497 e. The van der Waals surface area contributed by atoms with Crippen LogP contribution in [0.25, 0.3) is 17.1 Å². The lowest BCUT2D eigenvalue weighted by Crippen LogP contribution is -2.32. The number of hydrogen-bond donors (Lipinski definition) is 1. The summed E-state index contributed by atoms with van der Waals surface area (Å²) >= 11 is 1.22. The summed E-state index contributed by atoms with van der Waals surface area (Å²) in [5.74, 6) is 0.944. The van der Waals surface area contributed by atoms with Gasteiger partial charge in [-0.1, -0.05) is 55.9 Å². The average Bonchev–Trinajstić information content (AvgIpc) is 3.66. The number of carbonyl (C=O) groups excluding carboxylic acids is 2. The number of aliphatic imine (C=N–C) groups is 1. The number of halogens is 3. The van der Waals surface area contributed by atoms with Gasteiger partial charge < -0.3 is 14.8 Å². The maximum absolute atomic E-state index is 12.8. The van der Waals surface area contributed by atoms with Crippen molar-refractivity contribution < 1.29 is 32.2 Å². The number of thioether (sulfide) groups is 1. The van der Waals surface area contributed by atoms with Crippen LogP contribution in [0.15, 0.2) is 78.0 Å². The summed E-state index contributed by atoms with van der Waals surface area (Å²) in [6.45, 7) is 4.46. The number of ether oxygens (including phenoxy) is 2. The number of hydrogen-bond acceptors (Lipinski definition) is 7. The second-order valence-corrected chi connectivity index (χ2v) is 11.5. The highest BCUT2D eigenvalue weighted by Crippen LogP contribution is 2.36. The number of carbonyl (C=O) groups is 2. The maximum atomic E-state index is 12.8. The highest BCUT2D eigenvalue weighted by molar-refractivity contribution is 8.15. The predicted molar refractivity (Wildman–Crippen MR) is 170 cm³/mol. The van der Waals surface area contributed by atoms with Crippen molar-refractivity contribution in [2.24, 2.45) is 4.99 Å². The summed E-state index contributed by atoms with van der Waals surface area (Å²) in [6.07, 6.45) is -1.91. The van der Waals surface area contributed by atoms with Gasteiger partial charge in [-0.2, -0.15) is 4.99 Å². The number of rotatable bonds is 10. The number of amides is 3. The number of aromatic nitrogens is 3. The number of anilines is 1. The fraction of sp³-hybridized carbons (Fsp3) is 0.281. The van der Waals surface area contributed by atoms with E-state index in [2.05, 4.69) is 25.1 Å². The lowest BCUT2D eigenvalue weighted by Gasteiger charge is -2.22. The zero-order chi connectivity index (χ0) is 32.8. The first kappa shape index (κ1) is 32.5. The fourth-order valence-corrected chi connectivity index (χ4v) is 5.63. The first-order valence-corrected chi connectivity index (χ1v) is 15.4. The van der Waals surface area contributed by atoms with Gasteiger partial charge in [-0.25, -0.2) is 14.5 Å². The summed E-state index contributed by atoms with van der Waals surface area (Å²) in [5.41, 5.74) is 3.96. The molecular weight excluding hydrogens is 621 g/mol. The van der Waals surface area contributed by atoms with Crippen molar-refractivity contribution >= 4 is 34.6 Å². The highest BCUT2D eigenvalue weighted by Gasteiger charge is 2.33. The third-order valence-corrected chi connectivity index (χ3v) is 7.94. The van der Waals surface area contributed by atoms with E-state index in [9.17, 15) is 22.8 Å². The second-order valence-electron chi connectivity index (χ2n) is 10.6. The standard InChI is InChI=1S/C32H31F3N6O4S/c1-20(2)26-15-14-25(44-3)17-27(26)41-28(42)18-46-31(41)38-30(43)36-16-4-5-21-6-8-22(9-7-21)29-37-19-40(39-29)23-10-12-24(13-11-23)45-32(33,34)35/h6-15,17,19-20H,4-5,16,18H2,1-3H3,(H,36,43). The topological polar surface area (TPSA) is 111 Å². The number of alkyl halides is 3. The molecule has 0 aliphatic carbocycles. The Morgan fingerprint density at radius 3 is 2.46 bits per heavy atom. The largest absolute Gasteiger partial charge is 0.573 e. The minimum atomic E-state index is -4.76. The Kier molecular flexibility index (Phi) is 9.95. The van der Waals surface area contributed by atoms with E-state index in [-0.39, 0.29) is 23.3 Å². The number of urea groups is 1. The van der Waals surface area contributed by atoms with Gasteiger partial charge in [0, 0.05) is 18.2 Å². The van der Waals surface area contributed by atoms with Gasteiger partial charge in [0.05, 0.1) is 24.2 Å². The Morgan fingerprint density at radius 2 is 1.78 bits per heavy atom. The number of benzene rings is 3. The average molecular weight is 653 g/mol. The summed E-state index contributed by atoms with van der Waals surface area (Å²) in [7, 11) is 1.56. The number of nitrogens with zero attached hydrogens (tertiary/aromatic N) is 5. The molecule has 1 saturated heterocycles. The zero-order valence-corrected chi connectivity index (χ0v) is 26.1. The molecule has 0 bridgehead atoms. The summed E-state index contributed by atoms with van der Waals surface area (Å²) in [4.78, 5) is 35.5. The number of aryl methyl sites for hydroxylation is 1. The zero-order valence-electron chi connectivity index (χ0n) is 25.2. The van der Waals surface area contributed by atoms with Crippen molar-refractivity contribution in [3.63, 3.8) is 0 Å². The van der Waals surface area contributed by atoms with E-state index in [0.717, 1.165) is 16.7 Å². The molecule has 1 aliphatic heterocycles. The molecule has 0 unspecified atom stereocenters. The molecule has 46 heavy (non-hydrogen) atoms. The van der Waals surface area contributed by atoms with Crippen molar-refractivity contribution in [1.82, 2.24) is 20.1 Å². The lowest BCUT2D eigenvalue weighted by molar-refractivity contribution is -0.274. The fourth-order valence-electron chi connectivity index (χ4n) is 4.77. The van der Waals surface area contributed by atoms with Crippen molar-refractivity contribution in [2.45, 2.75) is 39.0 Å². The molecule has 14 heteroatoms. The molecule has 0 spiro atoms. The molecule has 4 aromatic rings. The van der Waals surface area contributed by atoms with Crippen LogP contribution in [0.3, 0.4) is 0 Å². The molecule has 1 N–H and O–H groups in total. The van der Waals surface area contributed by atoms with Crippen LogP contribution in [0.5, 0.6) is 11.5 Å². The van der Waals surface area contributed by atoms with E-state index < -0.39 is 12.4 Å². The Labute approximate surface area is 267 Å². The quantitative estimate of drug-likeness (QED) is 0.189. The molecule has 2 heterocycles. The molecule has 1 aromatic heterocycles. The van der Waals surface area contributed by atoms with Gasteiger partial charge in [0.25, 0.3) is 0 Å². The Balaban J connectivity index is 1.14. The van der Waals surface area contributed by atoms with Crippen LogP contribution < -0.4 is 19.7 Å². The van der Waals surface area contributed by atoms with Gasteiger partial charge in [0.2, 0.25) is 5.91 Å². The molecule has 0 atom stereocenters. The summed E-state index contributed by atoms with van der Waals surface area (Å²) in [5, 5.41) is 7.56. The monoisotopic (exact) mass is 652 g/mol. The van der Waals surface area contributed by atoms with Gasteiger partial charge >= 0.3 is 12.4 Å². The molecule has 1 aliphatic rings. The number of methoxy groups -OCH3 is 1. The van der Waals surface area contributed by atoms with E-state index in [1.54, 1.807) is 13.2 Å². The van der Waals surface area contributed by atoms with E-state index in [4.69, 9.17) is 4.74 Å². The van der Waals surface area contributed by atoms with Crippen LogP contribution in [-0.4, -0.2) is 57.6 Å². The molecular formula is C32H31F3N6O4S. The normalized spacial score (nSPS) is 14.3. The van der Waals surface area contributed by atoms with E-state index in [1.165, 1.54) is 51.9 Å². The SMILES string of the molecule is COc1ccc(C(C)C)c(N2C(=O)CSC2=NC(=O)NCCCc2ccc(-c3ncn(-c4ccc(OC(F)(F)F)cc4)n3)cc2)c1. The first-order valence-electron chi connectivity index (χ1n) is 14.4. The van der Waals surface area contributed by atoms with E-state index >= 15 is 0 Å². The Morgan fingerprint density at radius 1 is 1.07 bits per heavy atom. The van der Waals surface area contributed by atoms with Crippen molar-refractivity contribution in [3.05, 3.63) is 84.2 Å². The first-order chi connectivity index (χ1) is 22.0. The molecule has 10 nitrogen and oxygen atoms in total. The van der Waals surface area contributed by atoms with Crippen LogP contribution >= 0.6 is 11.8 Å². The maximum Gasteiger partial charge on any atom is 0.573 e. The van der Waals surface area contributed by atoms with Gasteiger partial charge in [0.15, 0.2) is 11.0 Å². The molecule has 3 aromatic carbocycles.